The van der Waals surface area contributed by atoms with E-state index in [0.29, 0.717) is 13.0 Å². The van der Waals surface area contributed by atoms with Crippen molar-refractivity contribution in [3.05, 3.63) is 57.8 Å². The van der Waals surface area contributed by atoms with Gasteiger partial charge in [0.15, 0.2) is 0 Å². The first-order valence-corrected chi connectivity index (χ1v) is 11.1. The summed E-state index contributed by atoms with van der Waals surface area (Å²) in [5.74, 6) is -0.423. The fourth-order valence-corrected chi connectivity index (χ4v) is 4.72. The highest BCUT2D eigenvalue weighted by Crippen LogP contribution is 2.26. The lowest BCUT2D eigenvalue weighted by atomic mass is 9.93. The number of hydrogen-bond donors (Lipinski definition) is 2. The largest absolute Gasteiger partial charge is 0.350 e. The van der Waals surface area contributed by atoms with Crippen molar-refractivity contribution in [3.63, 3.8) is 0 Å². The van der Waals surface area contributed by atoms with Gasteiger partial charge in [0, 0.05) is 11.4 Å². The lowest BCUT2D eigenvalue weighted by Gasteiger charge is -2.46. The number of fused-ring (bicyclic) bond motifs is 1. The Morgan fingerprint density at radius 3 is 2.77 bits per heavy atom. The fraction of sp³-hybridized carbons (Fsp3) is 0.409. The van der Waals surface area contributed by atoms with Gasteiger partial charge in [-0.05, 0) is 43.3 Å². The molecule has 2 unspecified atom stereocenters. The van der Waals surface area contributed by atoms with Gasteiger partial charge >= 0.3 is 6.03 Å². The summed E-state index contributed by atoms with van der Waals surface area (Å²) < 4.78 is 0. The van der Waals surface area contributed by atoms with E-state index in [2.05, 4.69) is 10.6 Å². The van der Waals surface area contributed by atoms with Crippen molar-refractivity contribution in [2.24, 2.45) is 0 Å². The van der Waals surface area contributed by atoms with Crippen LogP contribution in [-0.2, 0) is 22.7 Å². The Balaban J connectivity index is 1.46. The van der Waals surface area contributed by atoms with Crippen LogP contribution in [0.3, 0.4) is 0 Å². The summed E-state index contributed by atoms with van der Waals surface area (Å²) >= 11 is 1.51. The molecule has 4 amide bonds. The van der Waals surface area contributed by atoms with Crippen molar-refractivity contribution in [3.8, 4) is 0 Å². The number of piperidine rings is 1. The number of nitrogens with one attached hydrogen (secondary N) is 2. The van der Waals surface area contributed by atoms with Crippen molar-refractivity contribution >= 4 is 29.2 Å². The van der Waals surface area contributed by atoms with Crippen molar-refractivity contribution < 1.29 is 14.4 Å². The zero-order valence-corrected chi connectivity index (χ0v) is 17.8. The molecule has 0 spiro atoms. The number of carbonyl (C=O) groups is 3. The van der Waals surface area contributed by atoms with Gasteiger partial charge in [0.2, 0.25) is 11.8 Å². The summed E-state index contributed by atoms with van der Waals surface area (Å²) in [6.45, 7) is 3.35. The Labute approximate surface area is 180 Å². The molecule has 7 nitrogen and oxygen atoms in total. The molecule has 8 heteroatoms. The maximum atomic E-state index is 13.2. The van der Waals surface area contributed by atoms with Crippen LogP contribution in [0.25, 0.3) is 0 Å². The van der Waals surface area contributed by atoms with Crippen molar-refractivity contribution in [2.45, 2.75) is 44.9 Å². The Hall–Kier alpha value is -2.71. The van der Waals surface area contributed by atoms with Gasteiger partial charge in [0.25, 0.3) is 0 Å². The van der Waals surface area contributed by atoms with Crippen molar-refractivity contribution in [2.75, 3.05) is 13.1 Å². The summed E-state index contributed by atoms with van der Waals surface area (Å²) in [5, 5.41) is 8.08. The average Bonchev–Trinajstić information content (AvgIpc) is 3.27. The number of benzene rings is 1. The average molecular weight is 427 g/mol. The molecule has 2 aliphatic heterocycles. The number of amides is 4. The molecular formula is C22H26N4O3S. The first-order valence-electron chi connectivity index (χ1n) is 10.2. The highest BCUT2D eigenvalue weighted by Gasteiger charge is 2.47. The highest BCUT2D eigenvalue weighted by atomic mass is 32.1. The van der Waals surface area contributed by atoms with E-state index in [9.17, 15) is 14.4 Å². The van der Waals surface area contributed by atoms with Gasteiger partial charge in [-0.15, -0.1) is 11.3 Å². The number of urea groups is 1. The fourth-order valence-electron chi connectivity index (χ4n) is 4.02. The van der Waals surface area contributed by atoms with E-state index >= 15 is 0 Å². The molecule has 158 valence electrons. The SMILES string of the molecule is Cc1ccc(CNC(=O)CN2C(=O)N(Cc3cccs3)C(=O)C3NCCCC32)cc1. The number of imide groups is 1. The molecule has 2 aliphatic rings. The maximum absolute atomic E-state index is 13.2. The molecule has 0 aliphatic carbocycles. The third-order valence-corrected chi connectivity index (χ3v) is 6.51. The van der Waals surface area contributed by atoms with Gasteiger partial charge in [0.05, 0.1) is 12.6 Å². The molecule has 4 rings (SSSR count). The van der Waals surface area contributed by atoms with Crippen LogP contribution in [0.1, 0.15) is 28.8 Å². The normalized spacial score (nSPS) is 21.5. The second kappa shape index (κ2) is 8.97. The molecule has 0 bridgehead atoms. The second-order valence-electron chi connectivity index (χ2n) is 7.82. The Morgan fingerprint density at radius 1 is 1.23 bits per heavy atom. The summed E-state index contributed by atoms with van der Waals surface area (Å²) in [5.41, 5.74) is 2.17. The molecule has 3 heterocycles. The molecule has 0 saturated carbocycles. The number of aryl methyl sites for hydroxylation is 1. The van der Waals surface area contributed by atoms with Gasteiger partial charge in [-0.2, -0.15) is 0 Å². The molecule has 2 saturated heterocycles. The van der Waals surface area contributed by atoms with Crippen LogP contribution in [0.2, 0.25) is 0 Å². The highest BCUT2D eigenvalue weighted by molar-refractivity contribution is 7.09. The van der Waals surface area contributed by atoms with Gasteiger partial charge in [-0.3, -0.25) is 14.5 Å². The van der Waals surface area contributed by atoms with Crippen molar-refractivity contribution in [1.29, 1.82) is 0 Å². The topological polar surface area (TPSA) is 81.8 Å². The van der Waals surface area contributed by atoms with Crippen LogP contribution in [0, 0.1) is 6.92 Å². The Morgan fingerprint density at radius 2 is 2.03 bits per heavy atom. The quantitative estimate of drug-likeness (QED) is 0.742. The zero-order chi connectivity index (χ0) is 21.1. The minimum Gasteiger partial charge on any atom is -0.350 e. The third-order valence-electron chi connectivity index (χ3n) is 5.65. The third kappa shape index (κ3) is 4.39. The molecule has 2 aromatic rings. The first kappa shape index (κ1) is 20.6. The van der Waals surface area contributed by atoms with Gasteiger partial charge in [0.1, 0.15) is 12.6 Å². The molecule has 2 fully saturated rings. The van der Waals surface area contributed by atoms with Crippen LogP contribution in [0.4, 0.5) is 4.79 Å². The van der Waals surface area contributed by atoms with Crippen LogP contribution in [-0.4, -0.2) is 52.8 Å². The van der Waals surface area contributed by atoms with Crippen molar-refractivity contribution in [1.82, 2.24) is 20.4 Å². The van der Waals surface area contributed by atoms with E-state index in [1.807, 2.05) is 48.7 Å². The standard InChI is InChI=1S/C22H26N4O3S/c1-15-6-8-16(9-7-15)12-24-19(27)14-25-18-5-2-10-23-20(18)21(28)26(22(25)29)13-17-4-3-11-30-17/h3-4,6-9,11,18,20,23H,2,5,10,12-14H2,1H3,(H,24,27). The molecule has 1 aromatic heterocycles. The van der Waals surface area contributed by atoms with Gasteiger partial charge < -0.3 is 15.5 Å². The Kier molecular flexibility index (Phi) is 6.15. The monoisotopic (exact) mass is 426 g/mol. The number of carbonyl (C=O) groups excluding carboxylic acids is 3. The van der Waals surface area contributed by atoms with Crippen LogP contribution in [0.15, 0.2) is 41.8 Å². The lowest BCUT2D eigenvalue weighted by molar-refractivity contribution is -0.139. The lowest BCUT2D eigenvalue weighted by Crippen LogP contribution is -2.70. The number of hydrogen-bond acceptors (Lipinski definition) is 5. The summed E-state index contributed by atoms with van der Waals surface area (Å²) in [6.07, 6.45) is 1.58. The minimum atomic E-state index is -0.457. The maximum Gasteiger partial charge on any atom is 0.327 e. The van der Waals surface area contributed by atoms with Crippen LogP contribution in [0.5, 0.6) is 0 Å². The molecule has 0 radical (unpaired) electrons. The van der Waals surface area contributed by atoms with E-state index in [-0.39, 0.29) is 37.0 Å². The number of rotatable bonds is 6. The first-order chi connectivity index (χ1) is 14.5. The molecular weight excluding hydrogens is 400 g/mol. The zero-order valence-electron chi connectivity index (χ0n) is 17.0. The predicted octanol–water partition coefficient (Wildman–Crippen LogP) is 2.26. The Bertz CT molecular complexity index is 913. The summed E-state index contributed by atoms with van der Waals surface area (Å²) in [4.78, 5) is 42.6. The summed E-state index contributed by atoms with van der Waals surface area (Å²) in [7, 11) is 0. The second-order valence-corrected chi connectivity index (χ2v) is 8.85. The summed E-state index contributed by atoms with van der Waals surface area (Å²) in [6, 6.07) is 10.6. The van der Waals surface area contributed by atoms with E-state index in [4.69, 9.17) is 0 Å². The van der Waals surface area contributed by atoms with Gasteiger partial charge in [-0.1, -0.05) is 35.9 Å². The van der Waals surface area contributed by atoms with E-state index in [0.717, 1.165) is 29.0 Å². The molecule has 2 atom stereocenters. The number of nitrogens with zero attached hydrogens (tertiary/aromatic N) is 2. The van der Waals surface area contributed by atoms with Crippen LogP contribution >= 0.6 is 11.3 Å². The van der Waals surface area contributed by atoms with Gasteiger partial charge in [-0.25, -0.2) is 4.79 Å². The smallest absolute Gasteiger partial charge is 0.327 e. The van der Waals surface area contributed by atoms with Crippen LogP contribution < -0.4 is 10.6 Å². The molecule has 1 aromatic carbocycles. The number of thiophene rings is 1. The van der Waals surface area contributed by atoms with E-state index in [1.54, 1.807) is 4.90 Å². The molecule has 2 N–H and O–H groups in total. The van der Waals surface area contributed by atoms with E-state index < -0.39 is 6.04 Å². The molecule has 30 heavy (non-hydrogen) atoms. The van der Waals surface area contributed by atoms with E-state index in [1.165, 1.54) is 16.2 Å². The minimum absolute atomic E-state index is 0.0538. The predicted molar refractivity (Wildman–Crippen MR) is 115 cm³/mol.